The van der Waals surface area contributed by atoms with Gasteiger partial charge < -0.3 is 20.1 Å². The van der Waals surface area contributed by atoms with Gasteiger partial charge in [0.1, 0.15) is 0 Å². The first-order valence-electron chi connectivity index (χ1n) is 14.8. The van der Waals surface area contributed by atoms with E-state index in [2.05, 4.69) is 102 Å². The molecule has 0 atom stereocenters. The zero-order valence-corrected chi connectivity index (χ0v) is 23.7. The predicted octanol–water partition coefficient (Wildman–Crippen LogP) is 8.66. The number of nitrogens with one attached hydrogen (secondary N) is 2. The molecule has 0 aliphatic heterocycles. The van der Waals surface area contributed by atoms with Gasteiger partial charge >= 0.3 is 0 Å². The lowest BCUT2D eigenvalue weighted by Gasteiger charge is -2.09. The maximum Gasteiger partial charge on any atom is 0.0639 e. The van der Waals surface area contributed by atoms with Crippen LogP contribution >= 0.6 is 0 Å². The molecule has 0 heterocycles. The van der Waals surface area contributed by atoms with Gasteiger partial charge in [-0.2, -0.15) is 0 Å². The molecule has 2 N–H and O–H groups in total. The van der Waals surface area contributed by atoms with E-state index in [9.17, 15) is 0 Å². The van der Waals surface area contributed by atoms with Gasteiger partial charge in [0.05, 0.1) is 6.61 Å². The number of hydrogen-bond donors (Lipinski definition) is 2. The monoisotopic (exact) mass is 536 g/mol. The fourth-order valence-electron chi connectivity index (χ4n) is 4.63. The number of ether oxygens (including phenoxy) is 2. The maximum absolute atomic E-state index is 5.84. The minimum Gasteiger partial charge on any atom is -0.383 e. The summed E-state index contributed by atoms with van der Waals surface area (Å²) in [7, 11) is 0. The highest BCUT2D eigenvalue weighted by Gasteiger charge is 1.99. The third-order valence-corrected chi connectivity index (χ3v) is 6.88. The summed E-state index contributed by atoms with van der Waals surface area (Å²) in [6, 6.07) is 38.3. The van der Waals surface area contributed by atoms with E-state index in [1.54, 1.807) is 0 Å². The van der Waals surface area contributed by atoms with Crippen molar-refractivity contribution in [1.82, 2.24) is 0 Å². The van der Waals surface area contributed by atoms with E-state index in [1.807, 2.05) is 18.2 Å². The van der Waals surface area contributed by atoms with Crippen LogP contribution in [0.2, 0.25) is 0 Å². The van der Waals surface area contributed by atoms with Crippen LogP contribution in [-0.4, -0.2) is 33.0 Å². The number of rotatable bonds is 19. The lowest BCUT2D eigenvalue weighted by Crippen LogP contribution is -2.10. The quantitative estimate of drug-likeness (QED) is 0.118. The molecule has 4 rings (SSSR count). The Morgan fingerprint density at radius 3 is 1.65 bits per heavy atom. The van der Waals surface area contributed by atoms with Crippen molar-refractivity contribution >= 4 is 17.1 Å². The van der Waals surface area contributed by atoms with Crippen molar-refractivity contribution in [2.45, 2.75) is 44.9 Å². The highest BCUT2D eigenvalue weighted by molar-refractivity contribution is 5.59. The molecule has 0 bridgehead atoms. The van der Waals surface area contributed by atoms with Gasteiger partial charge in [0.2, 0.25) is 0 Å². The summed E-state index contributed by atoms with van der Waals surface area (Å²) in [5.74, 6) is 0. The second kappa shape index (κ2) is 17.9. The van der Waals surface area contributed by atoms with E-state index in [0.717, 1.165) is 82.1 Å². The van der Waals surface area contributed by atoms with Crippen molar-refractivity contribution < 1.29 is 9.47 Å². The van der Waals surface area contributed by atoms with E-state index in [4.69, 9.17) is 9.47 Å². The van der Waals surface area contributed by atoms with Crippen LogP contribution in [0.3, 0.4) is 0 Å². The van der Waals surface area contributed by atoms with Gasteiger partial charge in [0.25, 0.3) is 0 Å². The molecule has 0 radical (unpaired) electrons. The summed E-state index contributed by atoms with van der Waals surface area (Å²) < 4.78 is 11.6. The number of aryl methyl sites for hydroxylation is 1. The van der Waals surface area contributed by atoms with Crippen LogP contribution < -0.4 is 10.6 Å². The zero-order chi connectivity index (χ0) is 27.5. The van der Waals surface area contributed by atoms with E-state index in [-0.39, 0.29) is 0 Å². The minimum absolute atomic E-state index is 0.737. The fraction of sp³-hybridized carbons (Fsp3) is 0.333. The van der Waals surface area contributed by atoms with E-state index >= 15 is 0 Å². The van der Waals surface area contributed by atoms with Gasteiger partial charge in [0, 0.05) is 43.4 Å². The van der Waals surface area contributed by atoms with Gasteiger partial charge in [-0.1, -0.05) is 85.6 Å². The van der Waals surface area contributed by atoms with E-state index in [0.29, 0.717) is 0 Å². The predicted molar refractivity (Wildman–Crippen MR) is 169 cm³/mol. The third-order valence-electron chi connectivity index (χ3n) is 6.88. The average Bonchev–Trinajstić information content (AvgIpc) is 3.00. The summed E-state index contributed by atoms with van der Waals surface area (Å²) in [5.41, 5.74) is 7.41. The van der Waals surface area contributed by atoms with Crippen molar-refractivity contribution in [3.63, 3.8) is 0 Å². The molecule has 4 aromatic rings. The molecular weight excluding hydrogens is 492 g/mol. The Morgan fingerprint density at radius 2 is 0.950 bits per heavy atom. The maximum atomic E-state index is 5.84. The highest BCUT2D eigenvalue weighted by atomic mass is 16.5. The first kappa shape index (κ1) is 29.4. The van der Waals surface area contributed by atoms with Crippen molar-refractivity contribution in [3.05, 3.63) is 126 Å². The Labute approximate surface area is 240 Å². The zero-order valence-electron chi connectivity index (χ0n) is 23.7. The van der Waals surface area contributed by atoms with Crippen molar-refractivity contribution in [3.8, 4) is 0 Å². The first-order chi connectivity index (χ1) is 19.8. The number of anilines is 3. The molecule has 40 heavy (non-hydrogen) atoms. The second-order valence-corrected chi connectivity index (χ2v) is 10.2. The molecule has 0 saturated carbocycles. The molecule has 0 saturated heterocycles. The van der Waals surface area contributed by atoms with Crippen LogP contribution in [0.25, 0.3) is 0 Å². The lowest BCUT2D eigenvalue weighted by molar-refractivity contribution is 0.123. The topological polar surface area (TPSA) is 42.5 Å². The Morgan fingerprint density at radius 1 is 0.425 bits per heavy atom. The van der Waals surface area contributed by atoms with E-state index in [1.165, 1.54) is 29.5 Å². The summed E-state index contributed by atoms with van der Waals surface area (Å²) in [5, 5.41) is 6.88. The molecule has 0 aliphatic rings. The van der Waals surface area contributed by atoms with Crippen LogP contribution in [-0.2, 0) is 22.3 Å². The van der Waals surface area contributed by atoms with Gasteiger partial charge in [0.15, 0.2) is 0 Å². The van der Waals surface area contributed by atoms with Gasteiger partial charge in [-0.05, 0) is 85.2 Å². The smallest absolute Gasteiger partial charge is 0.0639 e. The van der Waals surface area contributed by atoms with Crippen LogP contribution in [0.4, 0.5) is 17.1 Å². The average molecular weight is 537 g/mol. The molecule has 4 nitrogen and oxygen atoms in total. The number of unbranched alkanes of at least 4 members (excludes halogenated alkanes) is 3. The summed E-state index contributed by atoms with van der Waals surface area (Å²) in [6.45, 7) is 4.09. The Kier molecular flexibility index (Phi) is 13.1. The fourth-order valence-corrected chi connectivity index (χ4v) is 4.63. The van der Waals surface area contributed by atoms with Crippen LogP contribution in [0, 0.1) is 0 Å². The largest absolute Gasteiger partial charge is 0.383 e. The van der Waals surface area contributed by atoms with Crippen LogP contribution in [0.1, 0.15) is 48.8 Å². The molecule has 210 valence electrons. The van der Waals surface area contributed by atoms with Crippen molar-refractivity contribution in [2.24, 2.45) is 0 Å². The van der Waals surface area contributed by atoms with Crippen molar-refractivity contribution in [2.75, 3.05) is 43.6 Å². The normalized spacial score (nSPS) is 10.9. The summed E-state index contributed by atoms with van der Waals surface area (Å²) in [6.07, 6.45) is 7.73. The number of para-hydroxylation sites is 1. The number of hydrogen-bond acceptors (Lipinski definition) is 4. The Balaban J connectivity index is 0.921. The SMILES string of the molecule is c1ccc(Cc2ccc(NCCOCCCCCCOCCCc3ccc(Nc4ccccc4)cc3)cc2)cc1. The molecule has 4 heteroatoms. The Hall–Kier alpha value is -3.60. The summed E-state index contributed by atoms with van der Waals surface area (Å²) in [4.78, 5) is 0. The molecule has 0 unspecified atom stereocenters. The Bertz CT molecular complexity index is 1080. The second-order valence-electron chi connectivity index (χ2n) is 10.2. The molecule has 0 fully saturated rings. The van der Waals surface area contributed by atoms with Gasteiger partial charge in [-0.15, -0.1) is 0 Å². The van der Waals surface area contributed by atoms with Gasteiger partial charge in [-0.25, -0.2) is 0 Å². The minimum atomic E-state index is 0.737. The van der Waals surface area contributed by atoms with Crippen molar-refractivity contribution in [1.29, 1.82) is 0 Å². The van der Waals surface area contributed by atoms with E-state index < -0.39 is 0 Å². The summed E-state index contributed by atoms with van der Waals surface area (Å²) >= 11 is 0. The molecular formula is C36H44N2O2. The first-order valence-corrected chi connectivity index (χ1v) is 14.8. The lowest BCUT2D eigenvalue weighted by atomic mass is 10.0. The molecule has 0 aromatic heterocycles. The third kappa shape index (κ3) is 11.6. The molecule has 0 spiro atoms. The standard InChI is InChI=1S/C36H44N2O2/c1(9-26-39-28-11-14-31-17-23-36(24-18-31)38-35-15-7-4-8-16-35)2-10-27-40-29-25-37-34-21-19-33(20-22-34)30-32-12-5-3-6-13-32/h3-8,12-13,15-24,37-38H,1-2,9-11,14,25-30H2. The molecule has 4 aromatic carbocycles. The van der Waals surface area contributed by atoms with Gasteiger partial charge in [-0.3, -0.25) is 0 Å². The number of benzene rings is 4. The van der Waals surface area contributed by atoms with Crippen LogP contribution in [0.5, 0.6) is 0 Å². The highest BCUT2D eigenvalue weighted by Crippen LogP contribution is 2.17. The van der Waals surface area contributed by atoms with Crippen LogP contribution in [0.15, 0.2) is 109 Å². The molecule has 0 aliphatic carbocycles. The molecule has 0 amide bonds.